The fraction of sp³-hybridized carbons (Fsp3) is 0.214. The number of pyridine rings is 1. The van der Waals surface area contributed by atoms with Gasteiger partial charge in [-0.1, -0.05) is 120 Å². The number of aryl methyl sites for hydroxylation is 2. The van der Waals surface area contributed by atoms with Crippen molar-refractivity contribution < 1.29 is 32.7 Å². The van der Waals surface area contributed by atoms with Crippen molar-refractivity contribution in [3.05, 3.63) is 174 Å². The molecule has 7 heteroatoms. The van der Waals surface area contributed by atoms with Crippen LogP contribution < -0.4 is 0 Å². The molecule has 6 nitrogen and oxygen atoms in total. The van der Waals surface area contributed by atoms with Gasteiger partial charge in [0, 0.05) is 56.7 Å². The van der Waals surface area contributed by atoms with Crippen LogP contribution in [0.1, 0.15) is 96.7 Å². The molecule has 6 aromatic carbocycles. The zero-order valence-corrected chi connectivity index (χ0v) is 38.7. The molecule has 1 radical (unpaired) electrons. The van der Waals surface area contributed by atoms with Gasteiger partial charge in [0.15, 0.2) is 0 Å². The fourth-order valence-electron chi connectivity index (χ4n) is 8.19. The first-order valence-corrected chi connectivity index (χ1v) is 21.0. The predicted octanol–water partition coefficient (Wildman–Crippen LogP) is 14.7. The van der Waals surface area contributed by atoms with Gasteiger partial charge in [-0.25, -0.2) is 9.97 Å². The molecule has 317 valence electrons. The standard InChI is InChI=1S/C41H35N4O.C15H16N.Ir/c1-23(2)33-21-28(27-13-8-7-9-14-27)22-34(24(3)4)38(33)45-36-18-11-10-17-35(36)44-41(45)32-16-12-15-30-31-20-19-29-25(5)42-26(6)43-37(29)40(31)46-39(30)32;1-15(2,3)13-9-10-16-14(11-13)12-7-5-4-6-8-12;/h7-15,17-24H,1-6H3;4-7,9-11H,1-3H3;/q2*-1;/i5D3,6D3;;. The van der Waals surface area contributed by atoms with Crippen LogP contribution in [0.25, 0.3) is 83.3 Å². The molecule has 4 heterocycles. The van der Waals surface area contributed by atoms with E-state index in [1.165, 1.54) is 16.7 Å². The zero-order valence-electron chi connectivity index (χ0n) is 42.3. The number of rotatable bonds is 6. The summed E-state index contributed by atoms with van der Waals surface area (Å²) in [6.07, 6.45) is 1.87. The summed E-state index contributed by atoms with van der Waals surface area (Å²) in [7, 11) is 0. The van der Waals surface area contributed by atoms with Crippen molar-refractivity contribution in [2.75, 3.05) is 0 Å². The van der Waals surface area contributed by atoms with Gasteiger partial charge in [0.25, 0.3) is 0 Å². The average Bonchev–Trinajstić information content (AvgIpc) is 3.90. The Bertz CT molecular complexity index is 3450. The molecule has 0 spiro atoms. The summed E-state index contributed by atoms with van der Waals surface area (Å²) in [5, 5.41) is 1.60. The van der Waals surface area contributed by atoms with E-state index in [4.69, 9.17) is 17.6 Å². The summed E-state index contributed by atoms with van der Waals surface area (Å²) in [5.41, 5.74) is 12.1. The van der Waals surface area contributed by atoms with Crippen LogP contribution >= 0.6 is 0 Å². The Morgan fingerprint density at radius 3 is 2.08 bits per heavy atom. The Kier molecular flexibility index (Phi) is 10.1. The van der Waals surface area contributed by atoms with Crippen LogP contribution in [0.3, 0.4) is 0 Å². The number of hydrogen-bond donors (Lipinski definition) is 0. The number of hydrogen-bond acceptors (Lipinski definition) is 5. The van der Waals surface area contributed by atoms with Crippen LogP contribution in [0.4, 0.5) is 0 Å². The van der Waals surface area contributed by atoms with Gasteiger partial charge in [0.05, 0.1) is 22.4 Å². The van der Waals surface area contributed by atoms with E-state index in [0.717, 1.165) is 44.5 Å². The van der Waals surface area contributed by atoms with Gasteiger partial charge >= 0.3 is 0 Å². The van der Waals surface area contributed by atoms with Crippen LogP contribution in [0, 0.1) is 25.8 Å². The first-order valence-electron chi connectivity index (χ1n) is 24.0. The summed E-state index contributed by atoms with van der Waals surface area (Å²) >= 11 is 0. The van der Waals surface area contributed by atoms with Gasteiger partial charge in [-0.2, -0.15) is 0 Å². The summed E-state index contributed by atoms with van der Waals surface area (Å²) in [4.78, 5) is 18.0. The van der Waals surface area contributed by atoms with E-state index in [-0.39, 0.29) is 59.5 Å². The smallest absolute Gasteiger partial charge is 0.147 e. The molecular formula is C56H51IrN5O-2. The monoisotopic (exact) mass is 1010 g/mol. The molecule has 0 saturated carbocycles. The van der Waals surface area contributed by atoms with Gasteiger partial charge in [-0.3, -0.25) is 4.98 Å². The predicted molar refractivity (Wildman–Crippen MR) is 256 cm³/mol. The molecule has 0 N–H and O–H groups in total. The van der Waals surface area contributed by atoms with Crippen LogP contribution in [0.15, 0.2) is 138 Å². The number of benzene rings is 6. The second-order valence-electron chi connectivity index (χ2n) is 17.3. The summed E-state index contributed by atoms with van der Waals surface area (Å²) in [5.74, 6) is 0.422. The maximum absolute atomic E-state index is 8.15. The third-order valence-corrected chi connectivity index (χ3v) is 11.4. The summed E-state index contributed by atoms with van der Waals surface area (Å²) < 4.78 is 57.3. The Hall–Kier alpha value is -6.27. The molecule has 0 bridgehead atoms. The quantitative estimate of drug-likeness (QED) is 0.155. The number of furan rings is 1. The van der Waals surface area contributed by atoms with Crippen molar-refractivity contribution in [3.8, 4) is 39.5 Å². The second kappa shape index (κ2) is 17.5. The Balaban J connectivity index is 0.000000320. The van der Waals surface area contributed by atoms with E-state index in [9.17, 15) is 0 Å². The van der Waals surface area contributed by atoms with Crippen molar-refractivity contribution >= 4 is 43.9 Å². The first kappa shape index (κ1) is 36.2. The molecule has 0 saturated heterocycles. The first-order chi connectivity index (χ1) is 32.3. The molecule has 0 fully saturated rings. The number of fused-ring (bicyclic) bond motifs is 6. The van der Waals surface area contributed by atoms with E-state index in [1.54, 1.807) is 12.1 Å². The molecule has 0 aliphatic heterocycles. The number of aromatic nitrogens is 5. The molecule has 0 aliphatic carbocycles. The van der Waals surface area contributed by atoms with E-state index in [0.29, 0.717) is 22.4 Å². The van der Waals surface area contributed by atoms with Crippen LogP contribution in [-0.2, 0) is 25.5 Å². The molecule has 0 aliphatic rings. The second-order valence-corrected chi connectivity index (χ2v) is 17.3. The molecule has 10 rings (SSSR count). The average molecular weight is 1010 g/mol. The Morgan fingerprint density at radius 1 is 0.667 bits per heavy atom. The van der Waals surface area contributed by atoms with Crippen molar-refractivity contribution in [2.24, 2.45) is 0 Å². The Morgan fingerprint density at radius 2 is 1.38 bits per heavy atom. The van der Waals surface area contributed by atoms with Gasteiger partial charge in [-0.05, 0) is 94.8 Å². The molecule has 4 aromatic heterocycles. The minimum absolute atomic E-state index is 0. The summed E-state index contributed by atoms with van der Waals surface area (Å²) in [6.45, 7) is 10.0. The van der Waals surface area contributed by atoms with Crippen LogP contribution in [-0.4, -0.2) is 24.5 Å². The van der Waals surface area contributed by atoms with E-state index >= 15 is 0 Å². The number of imidazole rings is 1. The van der Waals surface area contributed by atoms with Gasteiger partial charge in [-0.15, -0.1) is 54.1 Å². The van der Waals surface area contributed by atoms with Gasteiger partial charge in [0.2, 0.25) is 0 Å². The maximum atomic E-state index is 8.15. The normalized spacial score (nSPS) is 13.5. The molecule has 0 amide bonds. The topological polar surface area (TPSA) is 69.6 Å². The largest absolute Gasteiger partial charge is 0.498 e. The van der Waals surface area contributed by atoms with E-state index in [1.807, 2.05) is 66.9 Å². The third kappa shape index (κ3) is 8.24. The minimum Gasteiger partial charge on any atom is -0.498 e. The minimum atomic E-state index is -2.73. The maximum Gasteiger partial charge on any atom is 0.147 e. The fourth-order valence-corrected chi connectivity index (χ4v) is 8.19. The van der Waals surface area contributed by atoms with Crippen LogP contribution in [0.5, 0.6) is 0 Å². The molecular weight excluding hydrogens is 951 g/mol. The number of nitrogens with zero attached hydrogens (tertiary/aromatic N) is 5. The van der Waals surface area contributed by atoms with Crippen molar-refractivity contribution in [1.82, 2.24) is 24.5 Å². The molecule has 0 atom stereocenters. The van der Waals surface area contributed by atoms with Crippen molar-refractivity contribution in [3.63, 3.8) is 0 Å². The van der Waals surface area contributed by atoms with Crippen molar-refractivity contribution in [1.29, 1.82) is 0 Å². The Labute approximate surface area is 392 Å². The molecule has 63 heavy (non-hydrogen) atoms. The number of para-hydroxylation sites is 2. The van der Waals surface area contributed by atoms with Gasteiger partial charge < -0.3 is 14.0 Å². The third-order valence-electron chi connectivity index (χ3n) is 11.4. The molecule has 0 unspecified atom stereocenters. The molecule has 10 aromatic rings. The van der Waals surface area contributed by atoms with E-state index < -0.39 is 19.5 Å². The van der Waals surface area contributed by atoms with E-state index in [2.05, 4.69) is 135 Å². The zero-order chi connectivity index (χ0) is 48.3. The van der Waals surface area contributed by atoms with Gasteiger partial charge in [0.1, 0.15) is 16.9 Å². The summed E-state index contributed by atoms with van der Waals surface area (Å²) in [6, 6.07) is 48.9. The van der Waals surface area contributed by atoms with Crippen LogP contribution in [0.2, 0.25) is 0 Å². The van der Waals surface area contributed by atoms with Crippen molar-refractivity contribution in [2.45, 2.75) is 79.4 Å². The SMILES string of the molecule is CC(C)(C)c1ccnc(-c2[c-]cccc2)c1.[2H]C([2H])([2H])c1nc(C([2H])([2H])[2H])c2ccc3c4cc[c-]c(-c5nc6ccccc6n5-c5c(C(C)C)cc(-c6ccccc6)cc5C(C)C)c4oc3c2n1.[Ir].